The lowest BCUT2D eigenvalue weighted by Crippen LogP contribution is -2.34. The first kappa shape index (κ1) is 18.8. The van der Waals surface area contributed by atoms with Crippen LogP contribution in [0.1, 0.15) is 12.0 Å². The normalized spacial score (nSPS) is 16.0. The minimum Gasteiger partial charge on any atom is -0.376 e. The predicted octanol–water partition coefficient (Wildman–Crippen LogP) is 2.51. The molecule has 10 heteroatoms. The lowest BCUT2D eigenvalue weighted by molar-refractivity contribution is -0.0590. The highest BCUT2D eigenvalue weighted by atomic mass is 19.1. The molecule has 1 unspecified atom stereocenters. The molecule has 160 valence electrons. The van der Waals surface area contributed by atoms with E-state index in [1.54, 1.807) is 45.9 Å². The van der Waals surface area contributed by atoms with Gasteiger partial charge in [0.1, 0.15) is 17.0 Å². The number of fused-ring (bicyclic) bond motifs is 2. The minimum atomic E-state index is -0.305. The molecule has 1 fully saturated rings. The Morgan fingerprint density at radius 2 is 2.06 bits per heavy atom. The van der Waals surface area contributed by atoms with Crippen molar-refractivity contribution in [3.8, 4) is 11.5 Å². The van der Waals surface area contributed by atoms with Crippen molar-refractivity contribution in [3.05, 3.63) is 70.7 Å². The fourth-order valence-corrected chi connectivity index (χ4v) is 3.94. The van der Waals surface area contributed by atoms with E-state index in [-0.39, 0.29) is 24.2 Å². The summed E-state index contributed by atoms with van der Waals surface area (Å²) >= 11 is 0. The fourth-order valence-electron chi connectivity index (χ4n) is 3.94. The molecule has 0 bridgehead atoms. The van der Waals surface area contributed by atoms with Crippen LogP contribution in [0.5, 0.6) is 0 Å². The number of nitrogens with one attached hydrogen (secondary N) is 1. The molecule has 32 heavy (non-hydrogen) atoms. The zero-order valence-electron chi connectivity index (χ0n) is 16.9. The molecule has 1 N–H and O–H groups in total. The van der Waals surface area contributed by atoms with Crippen molar-refractivity contribution in [2.45, 2.75) is 25.6 Å². The smallest absolute Gasteiger partial charge is 0.327 e. The highest BCUT2D eigenvalue weighted by Crippen LogP contribution is 2.26. The summed E-state index contributed by atoms with van der Waals surface area (Å²) in [6, 6.07) is 10.2. The van der Waals surface area contributed by atoms with Gasteiger partial charge >= 0.3 is 5.69 Å². The largest absolute Gasteiger partial charge is 0.376 e. The second kappa shape index (κ2) is 7.34. The average molecular weight is 431 g/mol. The van der Waals surface area contributed by atoms with E-state index in [9.17, 15) is 9.18 Å². The maximum absolute atomic E-state index is 14.2. The van der Waals surface area contributed by atoms with Crippen molar-refractivity contribution in [3.63, 3.8) is 0 Å². The van der Waals surface area contributed by atoms with Gasteiger partial charge < -0.3 is 4.74 Å². The Labute approximate surface area is 180 Å². The first-order chi connectivity index (χ1) is 15.7. The molecule has 9 nitrogen and oxygen atoms in total. The Morgan fingerprint density at radius 3 is 2.88 bits per heavy atom. The molecule has 0 radical (unpaired) electrons. The third-order valence-corrected chi connectivity index (χ3v) is 5.71. The molecule has 1 aliphatic heterocycles. The molecule has 5 aromatic rings. The fraction of sp³-hybridized carbons (Fsp3) is 0.227. The Balaban J connectivity index is 1.44. The third-order valence-electron chi connectivity index (χ3n) is 5.71. The second-order valence-electron chi connectivity index (χ2n) is 7.72. The summed E-state index contributed by atoms with van der Waals surface area (Å²) in [5, 5.41) is 5.39. The van der Waals surface area contributed by atoms with E-state index in [4.69, 9.17) is 4.74 Å². The molecule has 0 spiro atoms. The number of aromatic nitrogens is 7. The van der Waals surface area contributed by atoms with E-state index in [1.165, 1.54) is 6.07 Å². The molecule has 1 aliphatic rings. The van der Waals surface area contributed by atoms with Crippen LogP contribution in [0, 0.1) is 5.82 Å². The summed E-state index contributed by atoms with van der Waals surface area (Å²) in [4.78, 5) is 28.7. The van der Waals surface area contributed by atoms with Crippen molar-refractivity contribution in [1.29, 1.82) is 0 Å². The van der Waals surface area contributed by atoms with Crippen LogP contribution < -0.4 is 5.69 Å². The van der Waals surface area contributed by atoms with Gasteiger partial charge in [-0.15, -0.1) is 0 Å². The van der Waals surface area contributed by atoms with Gasteiger partial charge in [-0.05, 0) is 24.6 Å². The quantitative estimate of drug-likeness (QED) is 0.459. The van der Waals surface area contributed by atoms with Crippen LogP contribution in [0.2, 0.25) is 0 Å². The van der Waals surface area contributed by atoms with Gasteiger partial charge in [-0.3, -0.25) is 9.55 Å². The number of imidazole rings is 1. The Bertz CT molecular complexity index is 1520. The molecule has 4 aromatic heterocycles. The van der Waals surface area contributed by atoms with Gasteiger partial charge in [-0.1, -0.05) is 18.2 Å². The van der Waals surface area contributed by atoms with Crippen LogP contribution in [0.15, 0.2) is 53.6 Å². The van der Waals surface area contributed by atoms with E-state index >= 15 is 0 Å². The summed E-state index contributed by atoms with van der Waals surface area (Å²) in [6.45, 7) is 1.40. The molecule has 6 rings (SSSR count). The van der Waals surface area contributed by atoms with Gasteiger partial charge in [0.15, 0.2) is 17.1 Å². The van der Waals surface area contributed by atoms with Gasteiger partial charge in [0.25, 0.3) is 0 Å². The second-order valence-corrected chi connectivity index (χ2v) is 7.72. The number of rotatable bonds is 5. The topological polar surface area (TPSA) is 104 Å². The Kier molecular flexibility index (Phi) is 4.32. The van der Waals surface area contributed by atoms with Gasteiger partial charge in [0.05, 0.1) is 30.8 Å². The highest BCUT2D eigenvalue weighted by Gasteiger charge is 2.22. The van der Waals surface area contributed by atoms with Gasteiger partial charge in [-0.2, -0.15) is 5.10 Å². The summed E-state index contributed by atoms with van der Waals surface area (Å²) in [6.07, 6.45) is 4.24. The number of ether oxygens (including phenoxy) is 1. The van der Waals surface area contributed by atoms with Crippen LogP contribution in [-0.2, 0) is 17.8 Å². The van der Waals surface area contributed by atoms with Crippen LogP contribution in [0.25, 0.3) is 33.7 Å². The number of benzene rings is 1. The maximum Gasteiger partial charge on any atom is 0.327 e. The molecule has 0 amide bonds. The average Bonchev–Trinajstić information content (AvgIpc) is 3.29. The summed E-state index contributed by atoms with van der Waals surface area (Å²) in [7, 11) is 0. The van der Waals surface area contributed by atoms with Crippen molar-refractivity contribution < 1.29 is 9.13 Å². The summed E-state index contributed by atoms with van der Waals surface area (Å²) < 4.78 is 22.9. The maximum atomic E-state index is 14.2. The standard InChI is InChI=1S/C22H18FN7O2/c23-16-6-2-1-4-13(16)11-30-21-15(5-3-8-24-21)18(28-30)20-25-10-17-19(26-20)27-22(31)29(17)12-14-7-9-32-14/h1-6,8,10,14H,7,9,11-12H2,(H,25,26,27,31). The van der Waals surface area contributed by atoms with Crippen LogP contribution >= 0.6 is 0 Å². The third kappa shape index (κ3) is 3.07. The molecular formula is C22H18FN7O2. The van der Waals surface area contributed by atoms with E-state index in [0.717, 1.165) is 18.4 Å². The van der Waals surface area contributed by atoms with E-state index in [0.29, 0.717) is 40.4 Å². The number of aromatic amines is 1. The Morgan fingerprint density at radius 1 is 1.19 bits per heavy atom. The lowest BCUT2D eigenvalue weighted by atomic mass is 10.2. The first-order valence-electron chi connectivity index (χ1n) is 10.3. The molecule has 1 saturated heterocycles. The van der Waals surface area contributed by atoms with Crippen LogP contribution in [0.4, 0.5) is 4.39 Å². The monoisotopic (exact) mass is 431 g/mol. The number of hydrogen-bond acceptors (Lipinski definition) is 6. The lowest BCUT2D eigenvalue weighted by Gasteiger charge is -2.26. The molecule has 0 aliphatic carbocycles. The summed E-state index contributed by atoms with van der Waals surface area (Å²) in [5.41, 5.74) is 2.41. The van der Waals surface area contributed by atoms with Crippen LogP contribution in [-0.4, -0.2) is 47.0 Å². The van der Waals surface area contributed by atoms with Gasteiger partial charge in [0.2, 0.25) is 0 Å². The van der Waals surface area contributed by atoms with E-state index in [2.05, 4.69) is 25.0 Å². The zero-order valence-corrected chi connectivity index (χ0v) is 16.9. The Hall–Kier alpha value is -3.92. The van der Waals surface area contributed by atoms with E-state index in [1.807, 2.05) is 6.07 Å². The first-order valence-corrected chi connectivity index (χ1v) is 10.3. The number of nitrogens with zero attached hydrogens (tertiary/aromatic N) is 6. The SMILES string of the molecule is O=c1[nH]c2nc(-c3nn(Cc4ccccc4F)c4ncccc34)ncc2n1CC1CCO1. The van der Waals surface area contributed by atoms with Crippen molar-refractivity contribution in [2.24, 2.45) is 0 Å². The van der Waals surface area contributed by atoms with Gasteiger partial charge in [0, 0.05) is 18.4 Å². The van der Waals surface area contributed by atoms with Crippen molar-refractivity contribution in [2.75, 3.05) is 6.61 Å². The number of H-pyrrole nitrogens is 1. The summed E-state index contributed by atoms with van der Waals surface area (Å²) in [5.74, 6) is 0.0525. The molecule has 0 saturated carbocycles. The number of halogens is 1. The highest BCUT2D eigenvalue weighted by molar-refractivity contribution is 5.90. The van der Waals surface area contributed by atoms with E-state index < -0.39 is 0 Å². The molecule has 1 aromatic carbocycles. The van der Waals surface area contributed by atoms with Crippen molar-refractivity contribution >= 4 is 22.2 Å². The molecule has 5 heterocycles. The van der Waals surface area contributed by atoms with Gasteiger partial charge in [-0.25, -0.2) is 28.8 Å². The van der Waals surface area contributed by atoms with Crippen LogP contribution in [0.3, 0.4) is 0 Å². The molecular weight excluding hydrogens is 413 g/mol. The minimum absolute atomic E-state index is 0.0375. The predicted molar refractivity (Wildman–Crippen MR) is 115 cm³/mol. The van der Waals surface area contributed by atoms with Crippen molar-refractivity contribution in [1.82, 2.24) is 34.3 Å². The number of hydrogen-bond donors (Lipinski definition) is 1. The zero-order chi connectivity index (χ0) is 21.7. The number of pyridine rings is 1. The molecule has 1 atom stereocenters.